The van der Waals surface area contributed by atoms with E-state index in [1.807, 2.05) is 62.0 Å². The highest BCUT2D eigenvalue weighted by molar-refractivity contribution is 5.81. The van der Waals surface area contributed by atoms with Gasteiger partial charge >= 0.3 is 5.63 Å². The number of rotatable bonds is 6. The number of fused-ring (bicyclic) bond motifs is 2. The Balaban J connectivity index is 1.68. The molecule has 0 bridgehead atoms. The molecule has 0 aliphatic rings. The molecule has 4 rings (SSSR count). The van der Waals surface area contributed by atoms with Gasteiger partial charge in [-0.15, -0.1) is 0 Å². The van der Waals surface area contributed by atoms with Crippen LogP contribution in [0.25, 0.3) is 27.9 Å². The highest BCUT2D eigenvalue weighted by atomic mass is 16.4. The van der Waals surface area contributed by atoms with Crippen LogP contribution in [0.3, 0.4) is 0 Å². The average molecular weight is 392 g/mol. The fourth-order valence-electron chi connectivity index (χ4n) is 3.53. The molecular formula is C22H24N4O3. The number of hydrogen-bond acceptors (Lipinski definition) is 6. The van der Waals surface area contributed by atoms with Crippen LogP contribution in [0.15, 0.2) is 45.9 Å². The van der Waals surface area contributed by atoms with E-state index in [0.717, 1.165) is 41.0 Å². The minimum atomic E-state index is -0.405. The number of nitrogens with zero attached hydrogens (tertiary/aromatic N) is 4. The number of aryl methyl sites for hydroxylation is 2. The first-order valence-electron chi connectivity index (χ1n) is 9.64. The van der Waals surface area contributed by atoms with E-state index in [0.29, 0.717) is 23.4 Å². The molecule has 1 aromatic carbocycles. The van der Waals surface area contributed by atoms with Gasteiger partial charge in [-0.1, -0.05) is 12.1 Å². The molecule has 7 nitrogen and oxygen atoms in total. The third kappa shape index (κ3) is 3.92. The smallest absolute Gasteiger partial charge is 0.345 e. The summed E-state index contributed by atoms with van der Waals surface area (Å²) in [4.78, 5) is 23.7. The summed E-state index contributed by atoms with van der Waals surface area (Å²) in [5.74, 6) is 0. The first kappa shape index (κ1) is 19.3. The van der Waals surface area contributed by atoms with Crippen molar-refractivity contribution in [2.45, 2.75) is 20.3 Å². The van der Waals surface area contributed by atoms with Crippen molar-refractivity contribution in [3.05, 3.63) is 64.0 Å². The van der Waals surface area contributed by atoms with Crippen molar-refractivity contribution in [1.29, 1.82) is 0 Å². The maximum atomic E-state index is 12.7. The van der Waals surface area contributed by atoms with Crippen LogP contribution < -0.4 is 5.63 Å². The Morgan fingerprint density at radius 2 is 1.97 bits per heavy atom. The van der Waals surface area contributed by atoms with Crippen LogP contribution in [0.1, 0.15) is 17.0 Å². The van der Waals surface area contributed by atoms with E-state index in [4.69, 9.17) is 9.52 Å². The normalized spacial score (nSPS) is 11.8. The lowest BCUT2D eigenvalue weighted by atomic mass is 10.1. The van der Waals surface area contributed by atoms with Gasteiger partial charge in [-0.3, -0.25) is 4.98 Å². The number of likely N-dealkylation sites (N-methyl/N-ethyl adjacent to an activating group) is 1. The van der Waals surface area contributed by atoms with Crippen molar-refractivity contribution in [3.63, 3.8) is 0 Å². The van der Waals surface area contributed by atoms with E-state index in [2.05, 4.69) is 14.9 Å². The fraction of sp³-hybridized carbons (Fsp3) is 0.318. The second-order valence-electron chi connectivity index (χ2n) is 7.42. The summed E-state index contributed by atoms with van der Waals surface area (Å²) in [6.45, 7) is 5.43. The number of aromatic nitrogens is 3. The van der Waals surface area contributed by atoms with Crippen molar-refractivity contribution in [2.75, 3.05) is 26.7 Å². The third-order valence-electron chi connectivity index (χ3n) is 5.07. The average Bonchev–Trinajstić information content (AvgIpc) is 3.10. The van der Waals surface area contributed by atoms with Gasteiger partial charge < -0.3 is 18.8 Å². The van der Waals surface area contributed by atoms with E-state index in [1.54, 1.807) is 0 Å². The second kappa shape index (κ2) is 7.77. The largest absolute Gasteiger partial charge is 0.422 e. The lowest BCUT2D eigenvalue weighted by Gasteiger charge is -2.14. The zero-order chi connectivity index (χ0) is 20.5. The van der Waals surface area contributed by atoms with E-state index >= 15 is 0 Å². The lowest BCUT2D eigenvalue weighted by molar-refractivity contribution is 0.223. The van der Waals surface area contributed by atoms with Gasteiger partial charge in [-0.05, 0) is 45.0 Å². The number of aliphatic hydroxyl groups is 1. The maximum absolute atomic E-state index is 12.7. The summed E-state index contributed by atoms with van der Waals surface area (Å²) >= 11 is 0. The Hall–Kier alpha value is -3.03. The van der Waals surface area contributed by atoms with E-state index in [-0.39, 0.29) is 6.61 Å². The highest BCUT2D eigenvalue weighted by Crippen LogP contribution is 2.23. The van der Waals surface area contributed by atoms with Crippen molar-refractivity contribution >= 4 is 16.6 Å². The first-order chi connectivity index (χ1) is 13.9. The monoisotopic (exact) mass is 392 g/mol. The summed E-state index contributed by atoms with van der Waals surface area (Å²) in [5.41, 5.74) is 4.70. The molecule has 7 heteroatoms. The minimum absolute atomic E-state index is 0.143. The molecule has 0 amide bonds. The van der Waals surface area contributed by atoms with Gasteiger partial charge in [0.15, 0.2) is 5.65 Å². The molecule has 29 heavy (non-hydrogen) atoms. The highest BCUT2D eigenvalue weighted by Gasteiger charge is 2.14. The standard InChI is InChI=1S/C22H24N4O3/c1-14-12-26-13-19(24-21(26)15(2)23-14)18-11-17-5-4-16(6-7-25(3)8-9-27)10-20(17)29-22(18)28/h4-5,10-13,27H,6-9H2,1-3H3. The Kier molecular flexibility index (Phi) is 5.17. The summed E-state index contributed by atoms with van der Waals surface area (Å²) in [7, 11) is 1.97. The molecule has 0 saturated heterocycles. The topological polar surface area (TPSA) is 83.9 Å². The Morgan fingerprint density at radius 3 is 2.76 bits per heavy atom. The molecule has 0 fully saturated rings. The third-order valence-corrected chi connectivity index (χ3v) is 5.07. The molecule has 0 aliphatic carbocycles. The van der Waals surface area contributed by atoms with Gasteiger partial charge in [0.25, 0.3) is 0 Å². The molecule has 4 aromatic rings. The fourth-order valence-corrected chi connectivity index (χ4v) is 3.53. The van der Waals surface area contributed by atoms with Crippen LogP contribution in [0.4, 0.5) is 0 Å². The van der Waals surface area contributed by atoms with Gasteiger partial charge in [0.1, 0.15) is 5.58 Å². The molecule has 0 unspecified atom stereocenters. The number of benzene rings is 1. The van der Waals surface area contributed by atoms with Crippen LogP contribution in [-0.2, 0) is 6.42 Å². The summed E-state index contributed by atoms with van der Waals surface area (Å²) in [6, 6.07) is 7.75. The van der Waals surface area contributed by atoms with Crippen molar-refractivity contribution in [2.24, 2.45) is 0 Å². The number of aliphatic hydroxyl groups excluding tert-OH is 1. The van der Waals surface area contributed by atoms with E-state index in [1.165, 1.54) is 0 Å². The molecule has 0 radical (unpaired) electrons. The summed E-state index contributed by atoms with van der Waals surface area (Å²) < 4.78 is 7.51. The van der Waals surface area contributed by atoms with E-state index in [9.17, 15) is 4.79 Å². The van der Waals surface area contributed by atoms with Gasteiger partial charge in [-0.2, -0.15) is 0 Å². The predicted octanol–water partition coefficient (Wildman–Crippen LogP) is 2.59. The van der Waals surface area contributed by atoms with Gasteiger partial charge in [-0.25, -0.2) is 9.78 Å². The van der Waals surface area contributed by atoms with Crippen molar-refractivity contribution in [1.82, 2.24) is 19.3 Å². The molecule has 3 aromatic heterocycles. The molecule has 0 spiro atoms. The van der Waals surface area contributed by atoms with Crippen LogP contribution >= 0.6 is 0 Å². The zero-order valence-electron chi connectivity index (χ0n) is 16.8. The molecule has 150 valence electrons. The molecular weight excluding hydrogens is 368 g/mol. The molecule has 3 heterocycles. The van der Waals surface area contributed by atoms with Crippen LogP contribution in [0, 0.1) is 13.8 Å². The molecule has 0 atom stereocenters. The zero-order valence-corrected chi connectivity index (χ0v) is 16.8. The number of hydrogen-bond donors (Lipinski definition) is 1. The lowest BCUT2D eigenvalue weighted by Crippen LogP contribution is -2.24. The van der Waals surface area contributed by atoms with Crippen LogP contribution in [0.2, 0.25) is 0 Å². The number of imidazole rings is 1. The SMILES string of the molecule is Cc1cn2cc(-c3cc4ccc(CCN(C)CCO)cc4oc3=O)nc2c(C)n1. The van der Waals surface area contributed by atoms with Gasteiger partial charge in [0.05, 0.1) is 29.3 Å². The second-order valence-corrected chi connectivity index (χ2v) is 7.42. The quantitative estimate of drug-likeness (QED) is 0.508. The van der Waals surface area contributed by atoms with Gasteiger partial charge in [0.2, 0.25) is 0 Å². The maximum Gasteiger partial charge on any atom is 0.345 e. The summed E-state index contributed by atoms with van der Waals surface area (Å²) in [5, 5.41) is 9.86. The van der Waals surface area contributed by atoms with Crippen molar-refractivity contribution in [3.8, 4) is 11.3 Å². The predicted molar refractivity (Wildman–Crippen MR) is 112 cm³/mol. The molecule has 1 N–H and O–H groups in total. The first-order valence-corrected chi connectivity index (χ1v) is 9.64. The Bertz CT molecular complexity index is 1240. The Morgan fingerprint density at radius 1 is 1.14 bits per heavy atom. The van der Waals surface area contributed by atoms with Gasteiger partial charge in [0, 0.05) is 30.9 Å². The van der Waals surface area contributed by atoms with Crippen LogP contribution in [0.5, 0.6) is 0 Å². The minimum Gasteiger partial charge on any atom is -0.422 e. The molecule has 0 aliphatic heterocycles. The molecule has 0 saturated carbocycles. The van der Waals surface area contributed by atoms with Crippen molar-refractivity contribution < 1.29 is 9.52 Å². The summed E-state index contributed by atoms with van der Waals surface area (Å²) in [6.07, 6.45) is 4.54. The van der Waals surface area contributed by atoms with E-state index < -0.39 is 5.63 Å². The van der Waals surface area contributed by atoms with Crippen LogP contribution in [-0.4, -0.2) is 51.1 Å². The Labute approximate surface area is 168 Å².